The Hall–Kier alpha value is -1.76. The molecule has 1 aromatic carbocycles. The molecular weight excluding hydrogens is 260 g/mol. The van der Waals surface area contributed by atoms with E-state index in [2.05, 4.69) is 4.74 Å². The molecule has 5 nitrogen and oxygen atoms in total. The van der Waals surface area contributed by atoms with E-state index in [-0.39, 0.29) is 5.56 Å². The van der Waals surface area contributed by atoms with Gasteiger partial charge in [-0.1, -0.05) is 11.6 Å². The highest BCUT2D eigenvalue weighted by atomic mass is 35.5. The van der Waals surface area contributed by atoms with Crippen LogP contribution in [-0.4, -0.2) is 17.3 Å². The Morgan fingerprint density at radius 1 is 1.53 bits per heavy atom. The predicted molar refractivity (Wildman–Crippen MR) is 54.7 cm³/mol. The van der Waals surface area contributed by atoms with Crippen LogP contribution >= 0.6 is 11.6 Å². The van der Waals surface area contributed by atoms with E-state index in [0.29, 0.717) is 0 Å². The Labute approximate surface area is 99.1 Å². The molecule has 1 aromatic rings. The molecule has 1 rings (SSSR count). The molecule has 0 atom stereocenters. The van der Waals surface area contributed by atoms with Crippen LogP contribution in [0.25, 0.3) is 0 Å². The largest absolute Gasteiger partial charge is 0.427 e. The van der Waals surface area contributed by atoms with Gasteiger partial charge in [-0.2, -0.15) is 8.78 Å². The summed E-state index contributed by atoms with van der Waals surface area (Å²) in [5.41, 5.74) is -0.840. The lowest BCUT2D eigenvalue weighted by Crippen LogP contribution is -2.06. The zero-order valence-corrected chi connectivity index (χ0v) is 9.20. The van der Waals surface area contributed by atoms with Gasteiger partial charge in [0.05, 0.1) is 4.92 Å². The molecule has 17 heavy (non-hydrogen) atoms. The number of halogens is 3. The monoisotopic (exact) mass is 265 g/mol. The highest BCUT2D eigenvalue weighted by Gasteiger charge is 2.24. The second-order valence-electron chi connectivity index (χ2n) is 3.00. The second-order valence-corrected chi connectivity index (χ2v) is 3.40. The quantitative estimate of drug-likeness (QED) is 0.477. The molecule has 0 fully saturated rings. The van der Waals surface area contributed by atoms with E-state index in [0.717, 1.165) is 12.1 Å². The number of carbonyl (C=O) groups excluding carboxylic acids is 1. The summed E-state index contributed by atoms with van der Waals surface area (Å²) in [7, 11) is 0. The minimum atomic E-state index is -3.24. The number of alkyl halides is 2. The van der Waals surface area contributed by atoms with E-state index >= 15 is 0 Å². The summed E-state index contributed by atoms with van der Waals surface area (Å²) in [6, 6.07) is 1.89. The van der Waals surface area contributed by atoms with Gasteiger partial charge in [0.25, 0.3) is 0 Å². The summed E-state index contributed by atoms with van der Waals surface area (Å²) < 4.78 is 28.1. The van der Waals surface area contributed by atoms with Crippen LogP contribution in [0.5, 0.6) is 5.75 Å². The summed E-state index contributed by atoms with van der Waals surface area (Å²) in [5, 5.41) is 10.2. The molecule has 0 bridgehead atoms. The zero-order valence-electron chi connectivity index (χ0n) is 8.45. The average molecular weight is 266 g/mol. The van der Waals surface area contributed by atoms with Crippen molar-refractivity contribution in [3.8, 4) is 5.75 Å². The van der Waals surface area contributed by atoms with Gasteiger partial charge in [-0.15, -0.1) is 0 Å². The van der Waals surface area contributed by atoms with Crippen molar-refractivity contribution in [2.24, 2.45) is 0 Å². The maximum Gasteiger partial charge on any atom is 0.387 e. The molecule has 0 heterocycles. The van der Waals surface area contributed by atoms with E-state index < -0.39 is 33.8 Å². The first-order valence-electron chi connectivity index (χ1n) is 4.26. The fourth-order valence-corrected chi connectivity index (χ4v) is 1.42. The molecule has 0 aliphatic carbocycles. The molecule has 0 saturated carbocycles. The maximum absolute atomic E-state index is 12.1. The summed E-state index contributed by atoms with van der Waals surface area (Å²) in [6.07, 6.45) is 0. The molecule has 0 saturated heterocycles. The molecule has 0 unspecified atom stereocenters. The van der Waals surface area contributed by atoms with Crippen molar-refractivity contribution >= 4 is 23.1 Å². The molecule has 0 radical (unpaired) electrons. The van der Waals surface area contributed by atoms with Crippen LogP contribution in [0.1, 0.15) is 17.3 Å². The van der Waals surface area contributed by atoms with Crippen LogP contribution in [0.15, 0.2) is 12.1 Å². The fourth-order valence-electron chi connectivity index (χ4n) is 1.14. The van der Waals surface area contributed by atoms with Gasteiger partial charge in [0.1, 0.15) is 5.02 Å². The Bertz CT molecular complexity index is 478. The van der Waals surface area contributed by atoms with Gasteiger partial charge in [0.2, 0.25) is 5.75 Å². The molecule has 0 aliphatic heterocycles. The lowest BCUT2D eigenvalue weighted by atomic mass is 10.1. The molecule has 0 spiro atoms. The number of benzene rings is 1. The van der Waals surface area contributed by atoms with Gasteiger partial charge in [0.15, 0.2) is 5.78 Å². The fraction of sp³-hybridized carbons (Fsp3) is 0.222. The maximum atomic E-state index is 12.1. The van der Waals surface area contributed by atoms with E-state index in [1.165, 1.54) is 6.92 Å². The van der Waals surface area contributed by atoms with Crippen molar-refractivity contribution in [1.82, 2.24) is 0 Å². The highest BCUT2D eigenvalue weighted by Crippen LogP contribution is 2.36. The summed E-state index contributed by atoms with van der Waals surface area (Å²) in [4.78, 5) is 20.7. The van der Waals surface area contributed by atoms with Crippen molar-refractivity contribution in [3.63, 3.8) is 0 Å². The first-order valence-corrected chi connectivity index (χ1v) is 4.64. The van der Waals surface area contributed by atoms with E-state index in [1.807, 2.05) is 0 Å². The average Bonchev–Trinajstić information content (AvgIpc) is 2.14. The number of Topliss-reactive ketones (excluding diaryl/α,β-unsaturated/α-hetero) is 1. The Kier molecular flexibility index (Phi) is 3.95. The predicted octanol–water partition coefficient (Wildman–Crippen LogP) is 3.05. The van der Waals surface area contributed by atoms with Gasteiger partial charge in [-0.25, -0.2) is 0 Å². The smallest absolute Gasteiger partial charge is 0.387 e. The molecule has 0 aliphatic rings. The van der Waals surface area contributed by atoms with Crippen LogP contribution in [0.4, 0.5) is 14.5 Å². The van der Waals surface area contributed by atoms with Gasteiger partial charge in [0, 0.05) is 5.56 Å². The van der Waals surface area contributed by atoms with Crippen LogP contribution in [0, 0.1) is 10.1 Å². The molecular formula is C9H6ClF2NO4. The third kappa shape index (κ3) is 3.10. The van der Waals surface area contributed by atoms with Crippen molar-refractivity contribution in [2.45, 2.75) is 13.5 Å². The normalized spacial score (nSPS) is 10.4. The Morgan fingerprint density at radius 3 is 2.53 bits per heavy atom. The van der Waals surface area contributed by atoms with E-state index in [4.69, 9.17) is 11.6 Å². The molecule has 8 heteroatoms. The number of hydrogen-bond donors (Lipinski definition) is 0. The van der Waals surface area contributed by atoms with Crippen molar-refractivity contribution in [2.75, 3.05) is 0 Å². The Morgan fingerprint density at radius 2 is 2.12 bits per heavy atom. The van der Waals surface area contributed by atoms with Crippen molar-refractivity contribution in [1.29, 1.82) is 0 Å². The molecule has 0 amide bonds. The molecule has 0 N–H and O–H groups in total. The third-order valence-corrected chi connectivity index (χ3v) is 2.12. The number of carbonyl (C=O) groups is 1. The standard InChI is InChI=1S/C9H6ClF2NO4/c1-4(14)5-2-6(10)8(13(15)16)7(3-5)17-9(11)12/h2-3,9H,1H3. The van der Waals surface area contributed by atoms with Gasteiger partial charge >= 0.3 is 12.3 Å². The summed E-state index contributed by atoms with van der Waals surface area (Å²) >= 11 is 5.54. The van der Waals surface area contributed by atoms with E-state index in [1.54, 1.807) is 0 Å². The number of hydrogen-bond acceptors (Lipinski definition) is 4. The number of rotatable bonds is 4. The number of nitrogens with zero attached hydrogens (tertiary/aromatic N) is 1. The minimum Gasteiger partial charge on any atom is -0.427 e. The Balaban J connectivity index is 3.39. The lowest BCUT2D eigenvalue weighted by Gasteiger charge is -2.07. The van der Waals surface area contributed by atoms with Gasteiger partial charge in [-0.05, 0) is 19.1 Å². The first-order chi connectivity index (χ1) is 7.82. The van der Waals surface area contributed by atoms with Crippen molar-refractivity contribution < 1.29 is 23.2 Å². The van der Waals surface area contributed by atoms with E-state index in [9.17, 15) is 23.7 Å². The lowest BCUT2D eigenvalue weighted by molar-refractivity contribution is -0.386. The van der Waals surface area contributed by atoms with Crippen LogP contribution in [-0.2, 0) is 0 Å². The van der Waals surface area contributed by atoms with Gasteiger partial charge < -0.3 is 4.74 Å². The summed E-state index contributed by atoms with van der Waals surface area (Å²) in [6.45, 7) is -2.07. The summed E-state index contributed by atoms with van der Waals surface area (Å²) in [5.74, 6) is -1.20. The first kappa shape index (κ1) is 13.3. The third-order valence-electron chi connectivity index (χ3n) is 1.83. The number of nitro benzene ring substituents is 1. The number of ketones is 1. The topological polar surface area (TPSA) is 69.4 Å². The molecule has 0 aromatic heterocycles. The second kappa shape index (κ2) is 5.05. The molecule has 92 valence electrons. The minimum absolute atomic E-state index is 0.0451. The number of ether oxygens (including phenoxy) is 1. The van der Waals surface area contributed by atoms with Gasteiger partial charge in [-0.3, -0.25) is 14.9 Å². The van der Waals surface area contributed by atoms with Crippen LogP contribution < -0.4 is 4.74 Å². The number of nitro groups is 1. The highest BCUT2D eigenvalue weighted by molar-refractivity contribution is 6.33. The van der Waals surface area contributed by atoms with Crippen LogP contribution in [0.2, 0.25) is 5.02 Å². The SMILES string of the molecule is CC(=O)c1cc(Cl)c([N+](=O)[O-])c(OC(F)F)c1. The van der Waals surface area contributed by atoms with Crippen LogP contribution in [0.3, 0.4) is 0 Å². The van der Waals surface area contributed by atoms with Crippen molar-refractivity contribution in [3.05, 3.63) is 32.8 Å². The zero-order chi connectivity index (χ0) is 13.2.